The van der Waals surface area contributed by atoms with Gasteiger partial charge in [0.25, 0.3) is 5.91 Å². The highest BCUT2D eigenvalue weighted by molar-refractivity contribution is 5.81. The van der Waals surface area contributed by atoms with Crippen molar-refractivity contribution in [2.24, 2.45) is 0 Å². The molecule has 112 valence electrons. The number of aliphatic hydroxyl groups excluding tert-OH is 1. The Hall–Kier alpha value is -1.75. The molecule has 2 N–H and O–H groups in total. The highest BCUT2D eigenvalue weighted by Crippen LogP contribution is 2.31. The molecular formula is C15H23NO4. The van der Waals surface area contributed by atoms with Crippen molar-refractivity contribution in [3.63, 3.8) is 0 Å². The smallest absolute Gasteiger partial charge is 0.260 e. The third-order valence-electron chi connectivity index (χ3n) is 3.12. The Morgan fingerprint density at radius 3 is 2.65 bits per heavy atom. The first-order valence-corrected chi connectivity index (χ1v) is 6.77. The summed E-state index contributed by atoms with van der Waals surface area (Å²) in [6.07, 6.45) is 0.195. The normalized spacial score (nSPS) is 13.4. The van der Waals surface area contributed by atoms with Gasteiger partial charge < -0.3 is 19.9 Å². The SMILES string of the molecule is CCC(C)NC(=O)C(C)Oc1c(CO)cccc1OC. The Bertz CT molecular complexity index is 425. The molecule has 0 aromatic heterocycles. The molecule has 5 nitrogen and oxygen atoms in total. The zero-order valence-corrected chi connectivity index (χ0v) is 12.5. The standard InChI is InChI=1S/C15H23NO4/c1-5-10(2)16-15(18)11(3)20-14-12(9-17)7-6-8-13(14)19-4/h6-8,10-11,17H,5,9H2,1-4H3,(H,16,18). The maximum absolute atomic E-state index is 12.0. The second-order valence-corrected chi connectivity index (χ2v) is 4.68. The fourth-order valence-electron chi connectivity index (χ4n) is 1.67. The van der Waals surface area contributed by atoms with Crippen LogP contribution in [0.3, 0.4) is 0 Å². The van der Waals surface area contributed by atoms with Crippen LogP contribution in [0.15, 0.2) is 18.2 Å². The molecule has 20 heavy (non-hydrogen) atoms. The van der Waals surface area contributed by atoms with Gasteiger partial charge in [-0.05, 0) is 26.3 Å². The summed E-state index contributed by atoms with van der Waals surface area (Å²) in [5.41, 5.74) is 0.590. The van der Waals surface area contributed by atoms with Crippen LogP contribution in [-0.4, -0.2) is 30.3 Å². The fourth-order valence-corrected chi connectivity index (χ4v) is 1.67. The van der Waals surface area contributed by atoms with Crippen molar-refractivity contribution in [3.05, 3.63) is 23.8 Å². The zero-order valence-electron chi connectivity index (χ0n) is 12.5. The molecule has 1 rings (SSSR count). The van der Waals surface area contributed by atoms with Gasteiger partial charge in [-0.2, -0.15) is 0 Å². The van der Waals surface area contributed by atoms with Crippen LogP contribution in [0.25, 0.3) is 0 Å². The zero-order chi connectivity index (χ0) is 15.1. The number of aliphatic hydroxyl groups is 1. The first-order valence-electron chi connectivity index (χ1n) is 6.77. The number of methoxy groups -OCH3 is 1. The lowest BCUT2D eigenvalue weighted by atomic mass is 10.2. The lowest BCUT2D eigenvalue weighted by Crippen LogP contribution is -2.41. The number of carbonyl (C=O) groups excluding carboxylic acids is 1. The van der Waals surface area contributed by atoms with Crippen LogP contribution in [0.1, 0.15) is 32.8 Å². The van der Waals surface area contributed by atoms with Crippen molar-refractivity contribution < 1.29 is 19.4 Å². The van der Waals surface area contributed by atoms with Gasteiger partial charge in [0.1, 0.15) is 0 Å². The molecule has 1 amide bonds. The number of para-hydroxylation sites is 1. The molecular weight excluding hydrogens is 258 g/mol. The topological polar surface area (TPSA) is 67.8 Å². The van der Waals surface area contributed by atoms with Crippen LogP contribution in [0.4, 0.5) is 0 Å². The molecule has 0 radical (unpaired) electrons. The van der Waals surface area contributed by atoms with Gasteiger partial charge in [0.15, 0.2) is 17.6 Å². The van der Waals surface area contributed by atoms with E-state index in [9.17, 15) is 9.90 Å². The fraction of sp³-hybridized carbons (Fsp3) is 0.533. The van der Waals surface area contributed by atoms with E-state index in [0.717, 1.165) is 6.42 Å². The van der Waals surface area contributed by atoms with Crippen LogP contribution in [0.2, 0.25) is 0 Å². The lowest BCUT2D eigenvalue weighted by molar-refractivity contribution is -0.127. The minimum atomic E-state index is -0.661. The van der Waals surface area contributed by atoms with Crippen LogP contribution in [0, 0.1) is 0 Å². The Balaban J connectivity index is 2.84. The van der Waals surface area contributed by atoms with Crippen molar-refractivity contribution in [2.75, 3.05) is 7.11 Å². The van der Waals surface area contributed by atoms with E-state index < -0.39 is 6.10 Å². The van der Waals surface area contributed by atoms with Gasteiger partial charge >= 0.3 is 0 Å². The van der Waals surface area contributed by atoms with Crippen molar-refractivity contribution >= 4 is 5.91 Å². The summed E-state index contributed by atoms with van der Waals surface area (Å²) in [7, 11) is 1.52. The van der Waals surface area contributed by atoms with Gasteiger partial charge in [-0.15, -0.1) is 0 Å². The Morgan fingerprint density at radius 2 is 2.10 bits per heavy atom. The number of benzene rings is 1. The molecule has 0 aliphatic rings. The summed E-state index contributed by atoms with van der Waals surface area (Å²) in [4.78, 5) is 12.0. The van der Waals surface area contributed by atoms with Gasteiger partial charge in [-0.3, -0.25) is 4.79 Å². The maximum atomic E-state index is 12.0. The molecule has 0 fully saturated rings. The van der Waals surface area contributed by atoms with E-state index in [1.54, 1.807) is 25.1 Å². The van der Waals surface area contributed by atoms with Crippen LogP contribution in [0.5, 0.6) is 11.5 Å². The largest absolute Gasteiger partial charge is 0.493 e. The lowest BCUT2D eigenvalue weighted by Gasteiger charge is -2.20. The van der Waals surface area contributed by atoms with E-state index in [2.05, 4.69) is 5.32 Å². The summed E-state index contributed by atoms with van der Waals surface area (Å²) in [5, 5.41) is 12.2. The van der Waals surface area contributed by atoms with E-state index >= 15 is 0 Å². The third-order valence-corrected chi connectivity index (χ3v) is 3.12. The highest BCUT2D eigenvalue weighted by Gasteiger charge is 2.20. The Morgan fingerprint density at radius 1 is 1.40 bits per heavy atom. The summed E-state index contributed by atoms with van der Waals surface area (Å²) >= 11 is 0. The van der Waals surface area contributed by atoms with E-state index in [-0.39, 0.29) is 18.6 Å². The molecule has 2 atom stereocenters. The molecule has 0 heterocycles. The second kappa shape index (κ2) is 7.75. The van der Waals surface area contributed by atoms with Gasteiger partial charge in [0.05, 0.1) is 13.7 Å². The summed E-state index contributed by atoms with van der Waals surface area (Å²) in [6.45, 7) is 5.44. The van der Waals surface area contributed by atoms with Gasteiger partial charge in [-0.1, -0.05) is 19.1 Å². The number of carbonyl (C=O) groups is 1. The Kier molecular flexibility index (Phi) is 6.31. The maximum Gasteiger partial charge on any atom is 0.260 e. The van der Waals surface area contributed by atoms with E-state index in [1.165, 1.54) is 7.11 Å². The molecule has 0 aliphatic carbocycles. The first-order chi connectivity index (χ1) is 9.53. The van der Waals surface area contributed by atoms with E-state index in [4.69, 9.17) is 9.47 Å². The molecule has 0 aliphatic heterocycles. The number of hydrogen-bond donors (Lipinski definition) is 2. The number of rotatable bonds is 7. The molecule has 5 heteroatoms. The first kappa shape index (κ1) is 16.3. The van der Waals surface area contributed by atoms with Crippen LogP contribution in [-0.2, 0) is 11.4 Å². The van der Waals surface area contributed by atoms with Crippen molar-refractivity contribution in [1.29, 1.82) is 0 Å². The van der Waals surface area contributed by atoms with Crippen LogP contribution < -0.4 is 14.8 Å². The molecule has 1 aromatic rings. The van der Waals surface area contributed by atoms with Gasteiger partial charge in [0.2, 0.25) is 0 Å². The summed E-state index contributed by atoms with van der Waals surface area (Å²) in [5.74, 6) is 0.721. The minimum Gasteiger partial charge on any atom is -0.493 e. The average Bonchev–Trinajstić information content (AvgIpc) is 2.46. The van der Waals surface area contributed by atoms with E-state index in [0.29, 0.717) is 17.1 Å². The average molecular weight is 281 g/mol. The number of amides is 1. The third kappa shape index (κ3) is 4.13. The number of hydrogen-bond acceptors (Lipinski definition) is 4. The van der Waals surface area contributed by atoms with Crippen molar-refractivity contribution in [1.82, 2.24) is 5.32 Å². The molecule has 0 bridgehead atoms. The summed E-state index contributed by atoms with van der Waals surface area (Å²) in [6, 6.07) is 5.33. The van der Waals surface area contributed by atoms with Crippen LogP contribution >= 0.6 is 0 Å². The predicted molar refractivity (Wildman–Crippen MR) is 76.9 cm³/mol. The highest BCUT2D eigenvalue weighted by atomic mass is 16.5. The molecule has 0 saturated heterocycles. The molecule has 0 saturated carbocycles. The Labute approximate surface area is 119 Å². The minimum absolute atomic E-state index is 0.100. The van der Waals surface area contributed by atoms with Gasteiger partial charge in [0, 0.05) is 11.6 Å². The monoisotopic (exact) mass is 281 g/mol. The second-order valence-electron chi connectivity index (χ2n) is 4.68. The molecule has 0 spiro atoms. The molecule has 2 unspecified atom stereocenters. The summed E-state index contributed by atoms with van der Waals surface area (Å²) < 4.78 is 10.9. The van der Waals surface area contributed by atoms with Crippen molar-refractivity contribution in [2.45, 2.75) is 45.9 Å². The number of ether oxygens (including phenoxy) is 2. The predicted octanol–water partition coefficient (Wildman–Crippen LogP) is 1.87. The van der Waals surface area contributed by atoms with E-state index in [1.807, 2.05) is 13.8 Å². The van der Waals surface area contributed by atoms with Gasteiger partial charge in [-0.25, -0.2) is 0 Å². The quantitative estimate of drug-likeness (QED) is 0.800. The van der Waals surface area contributed by atoms with Crippen molar-refractivity contribution in [3.8, 4) is 11.5 Å². The number of nitrogens with one attached hydrogen (secondary N) is 1. The molecule has 1 aromatic carbocycles.